The molecule has 0 radical (unpaired) electrons. The lowest BCUT2D eigenvalue weighted by Crippen LogP contribution is -2.44. The number of nitrogens with zero attached hydrogens (tertiary/aromatic N) is 1. The highest BCUT2D eigenvalue weighted by atomic mass is 16.6. The topological polar surface area (TPSA) is 110 Å². The number of nitrogens with one attached hydrogen (secondary N) is 2. The Morgan fingerprint density at radius 1 is 1.32 bits per heavy atom. The van der Waals surface area contributed by atoms with E-state index in [0.717, 1.165) is 50.2 Å². The van der Waals surface area contributed by atoms with E-state index in [1.54, 1.807) is 20.8 Å². The normalized spacial score (nSPS) is 21.3. The van der Waals surface area contributed by atoms with Gasteiger partial charge in [0.1, 0.15) is 17.5 Å². The summed E-state index contributed by atoms with van der Waals surface area (Å²) in [6, 6.07) is 3.32. The standard InChI is InChI=1S/C23H35N3O5/c1-23(2,3)31-22(29)26-19(21(27)28)10-12-30-18-13-15(14-18)6-8-17-9-7-16-5-4-11-24-20(16)25-17/h7,9,15,18-19H,4-6,8,10-14H2,1-3H3,(H,24,25)(H,26,29)(H,27,28)/t15-,18+,19-/m0/s1. The molecule has 1 amide bonds. The van der Waals surface area contributed by atoms with E-state index in [-0.39, 0.29) is 12.5 Å². The van der Waals surface area contributed by atoms with Crippen LogP contribution < -0.4 is 10.6 Å². The van der Waals surface area contributed by atoms with Gasteiger partial charge in [-0.3, -0.25) is 0 Å². The van der Waals surface area contributed by atoms with Crippen molar-refractivity contribution in [3.63, 3.8) is 0 Å². The third-order valence-corrected chi connectivity index (χ3v) is 5.70. The van der Waals surface area contributed by atoms with Crippen LogP contribution in [-0.2, 0) is 27.1 Å². The van der Waals surface area contributed by atoms with Gasteiger partial charge < -0.3 is 25.2 Å². The summed E-state index contributed by atoms with van der Waals surface area (Å²) in [5, 5.41) is 15.1. The summed E-state index contributed by atoms with van der Waals surface area (Å²) in [5.41, 5.74) is 1.78. The maximum absolute atomic E-state index is 11.8. The van der Waals surface area contributed by atoms with Crippen LogP contribution in [0.5, 0.6) is 0 Å². The second-order valence-corrected chi connectivity index (χ2v) is 9.54. The highest BCUT2D eigenvalue weighted by Crippen LogP contribution is 2.34. The van der Waals surface area contributed by atoms with Gasteiger partial charge in [-0.15, -0.1) is 0 Å². The molecule has 1 aliphatic carbocycles. The van der Waals surface area contributed by atoms with E-state index < -0.39 is 23.7 Å². The highest BCUT2D eigenvalue weighted by molar-refractivity contribution is 5.79. The van der Waals surface area contributed by atoms with Crippen LogP contribution in [-0.4, -0.2) is 53.1 Å². The summed E-state index contributed by atoms with van der Waals surface area (Å²) in [6.45, 7) is 6.49. The number of carboxylic acid groups (broad SMARTS) is 1. The number of alkyl carbamates (subject to hydrolysis) is 1. The lowest BCUT2D eigenvalue weighted by Gasteiger charge is -2.35. The van der Waals surface area contributed by atoms with Crippen LogP contribution in [0.4, 0.5) is 10.6 Å². The number of hydrogen-bond acceptors (Lipinski definition) is 6. The van der Waals surface area contributed by atoms with Gasteiger partial charge in [-0.25, -0.2) is 14.6 Å². The van der Waals surface area contributed by atoms with Crippen LogP contribution in [0.25, 0.3) is 0 Å². The smallest absolute Gasteiger partial charge is 0.408 e. The number of aromatic nitrogens is 1. The maximum atomic E-state index is 11.8. The predicted molar refractivity (Wildman–Crippen MR) is 117 cm³/mol. The molecular formula is C23H35N3O5. The maximum Gasteiger partial charge on any atom is 0.408 e. The van der Waals surface area contributed by atoms with E-state index in [2.05, 4.69) is 22.8 Å². The Labute approximate surface area is 184 Å². The molecule has 0 aromatic carbocycles. The number of ether oxygens (including phenoxy) is 2. The number of aliphatic carboxylic acids is 1. The van der Waals surface area contributed by atoms with Crippen LogP contribution in [0.15, 0.2) is 12.1 Å². The van der Waals surface area contributed by atoms with Gasteiger partial charge in [0, 0.05) is 25.3 Å². The second-order valence-electron chi connectivity index (χ2n) is 9.54. The molecule has 0 bridgehead atoms. The molecule has 0 saturated heterocycles. The number of pyridine rings is 1. The van der Waals surface area contributed by atoms with Crippen molar-refractivity contribution in [2.75, 3.05) is 18.5 Å². The molecule has 8 heteroatoms. The lowest BCUT2D eigenvalue weighted by molar-refractivity contribution is -0.140. The number of hydrogen-bond donors (Lipinski definition) is 3. The molecule has 1 aromatic rings. The monoisotopic (exact) mass is 433 g/mol. The van der Waals surface area contributed by atoms with E-state index in [1.807, 2.05) is 0 Å². The molecule has 172 valence electrons. The number of amides is 1. The minimum Gasteiger partial charge on any atom is -0.480 e. The van der Waals surface area contributed by atoms with Crippen LogP contribution in [0.2, 0.25) is 0 Å². The molecule has 2 aliphatic rings. The Morgan fingerprint density at radius 3 is 2.81 bits per heavy atom. The van der Waals surface area contributed by atoms with Crippen molar-refractivity contribution in [2.24, 2.45) is 5.92 Å². The van der Waals surface area contributed by atoms with Gasteiger partial charge >= 0.3 is 12.1 Å². The first-order valence-electron chi connectivity index (χ1n) is 11.3. The number of carboxylic acids is 1. The Hall–Kier alpha value is -2.35. The van der Waals surface area contributed by atoms with E-state index in [0.29, 0.717) is 12.5 Å². The van der Waals surface area contributed by atoms with Crippen molar-refractivity contribution >= 4 is 17.9 Å². The van der Waals surface area contributed by atoms with Crippen molar-refractivity contribution < 1.29 is 24.2 Å². The molecular weight excluding hydrogens is 398 g/mol. The van der Waals surface area contributed by atoms with Gasteiger partial charge in [-0.2, -0.15) is 0 Å². The summed E-state index contributed by atoms with van der Waals surface area (Å²) >= 11 is 0. The first-order chi connectivity index (χ1) is 14.7. The van der Waals surface area contributed by atoms with Gasteiger partial charge in [-0.1, -0.05) is 6.07 Å². The van der Waals surface area contributed by atoms with Gasteiger partial charge in [0.05, 0.1) is 6.10 Å². The lowest BCUT2D eigenvalue weighted by atomic mass is 9.79. The molecule has 3 rings (SSSR count). The minimum atomic E-state index is -1.09. The predicted octanol–water partition coefficient (Wildman–Crippen LogP) is 3.54. The Morgan fingerprint density at radius 2 is 2.10 bits per heavy atom. The second kappa shape index (κ2) is 10.3. The van der Waals surface area contributed by atoms with Gasteiger partial charge in [-0.05, 0) is 76.8 Å². The first-order valence-corrected chi connectivity index (χ1v) is 11.3. The van der Waals surface area contributed by atoms with Crippen molar-refractivity contribution in [3.05, 3.63) is 23.4 Å². The molecule has 8 nitrogen and oxygen atoms in total. The fourth-order valence-corrected chi connectivity index (χ4v) is 3.97. The fraction of sp³-hybridized carbons (Fsp3) is 0.696. The Bertz CT molecular complexity index is 771. The van der Waals surface area contributed by atoms with Gasteiger partial charge in [0.2, 0.25) is 0 Å². The third-order valence-electron chi connectivity index (χ3n) is 5.70. The van der Waals surface area contributed by atoms with Crippen molar-refractivity contribution in [1.82, 2.24) is 10.3 Å². The Balaban J connectivity index is 1.31. The molecule has 1 saturated carbocycles. The SMILES string of the molecule is CC(C)(C)OC(=O)N[C@@H](CCO[C@H]1C[C@@H](CCc2ccc3c(n2)NCCC3)C1)C(=O)O. The summed E-state index contributed by atoms with van der Waals surface area (Å²) in [5.74, 6) is 0.575. The molecule has 0 spiro atoms. The van der Waals surface area contributed by atoms with E-state index in [4.69, 9.17) is 14.5 Å². The molecule has 1 fully saturated rings. The molecule has 1 aromatic heterocycles. The molecule has 3 N–H and O–H groups in total. The van der Waals surface area contributed by atoms with Crippen molar-refractivity contribution in [2.45, 2.75) is 83.5 Å². The quantitative estimate of drug-likeness (QED) is 0.546. The molecule has 1 atom stereocenters. The van der Waals surface area contributed by atoms with Crippen LogP contribution in [0.3, 0.4) is 0 Å². The van der Waals surface area contributed by atoms with E-state index >= 15 is 0 Å². The molecule has 31 heavy (non-hydrogen) atoms. The minimum absolute atomic E-state index is 0.166. The third kappa shape index (κ3) is 7.38. The summed E-state index contributed by atoms with van der Waals surface area (Å²) in [6.07, 6.45) is 5.95. The van der Waals surface area contributed by atoms with Crippen LogP contribution in [0, 0.1) is 5.92 Å². The zero-order valence-electron chi connectivity index (χ0n) is 18.8. The zero-order chi connectivity index (χ0) is 22.4. The first kappa shape index (κ1) is 23.3. The van der Waals surface area contributed by atoms with E-state index in [9.17, 15) is 14.7 Å². The number of rotatable bonds is 9. The largest absolute Gasteiger partial charge is 0.480 e. The fourth-order valence-electron chi connectivity index (χ4n) is 3.97. The summed E-state index contributed by atoms with van der Waals surface area (Å²) in [7, 11) is 0. The Kier molecular flexibility index (Phi) is 7.75. The molecule has 2 heterocycles. The number of carbonyl (C=O) groups is 2. The average Bonchev–Trinajstić information content (AvgIpc) is 2.66. The van der Waals surface area contributed by atoms with Crippen molar-refractivity contribution in [3.8, 4) is 0 Å². The number of anilines is 1. The summed E-state index contributed by atoms with van der Waals surface area (Å²) < 4.78 is 10.9. The number of fused-ring (bicyclic) bond motifs is 1. The van der Waals surface area contributed by atoms with Crippen molar-refractivity contribution in [1.29, 1.82) is 0 Å². The number of aryl methyl sites for hydroxylation is 2. The van der Waals surface area contributed by atoms with Gasteiger partial charge in [0.15, 0.2) is 0 Å². The number of carbonyl (C=O) groups excluding carboxylic acids is 1. The summed E-state index contributed by atoms with van der Waals surface area (Å²) in [4.78, 5) is 27.9. The average molecular weight is 434 g/mol. The zero-order valence-corrected chi connectivity index (χ0v) is 18.8. The van der Waals surface area contributed by atoms with Crippen LogP contribution in [0.1, 0.15) is 64.1 Å². The van der Waals surface area contributed by atoms with Crippen LogP contribution >= 0.6 is 0 Å². The molecule has 1 aliphatic heterocycles. The van der Waals surface area contributed by atoms with Gasteiger partial charge in [0.25, 0.3) is 0 Å². The van der Waals surface area contributed by atoms with E-state index in [1.165, 1.54) is 12.0 Å². The highest BCUT2D eigenvalue weighted by Gasteiger charge is 2.30. The molecule has 0 unspecified atom stereocenters.